The minimum Gasteiger partial charge on any atom is -0.325 e. The molecule has 0 spiro atoms. The highest BCUT2D eigenvalue weighted by Gasteiger charge is 2.19. The van der Waals surface area contributed by atoms with E-state index in [0.717, 1.165) is 5.69 Å². The fourth-order valence-corrected chi connectivity index (χ4v) is 4.45. The molecule has 0 aliphatic carbocycles. The number of amides is 2. The van der Waals surface area contributed by atoms with E-state index in [-0.39, 0.29) is 11.7 Å². The Bertz CT molecular complexity index is 1130. The molecule has 0 fully saturated rings. The van der Waals surface area contributed by atoms with Crippen LogP contribution in [-0.2, 0) is 20.4 Å². The zero-order valence-corrected chi connectivity index (χ0v) is 18.0. The van der Waals surface area contributed by atoms with Crippen LogP contribution in [0.15, 0.2) is 84.9 Å². The number of nitrogens with zero attached hydrogens (tertiary/aromatic N) is 1. The second-order valence-electron chi connectivity index (χ2n) is 7.03. The van der Waals surface area contributed by atoms with Crippen LogP contribution >= 0.6 is 0 Å². The molecule has 3 aromatic rings. The van der Waals surface area contributed by atoms with Crippen LogP contribution in [0, 0.1) is 0 Å². The van der Waals surface area contributed by atoms with Gasteiger partial charge in [0.05, 0.1) is 5.75 Å². The third-order valence-electron chi connectivity index (χ3n) is 4.63. The molecule has 0 aromatic heterocycles. The Morgan fingerprint density at radius 2 is 1.42 bits per heavy atom. The van der Waals surface area contributed by atoms with Crippen LogP contribution in [0.4, 0.5) is 11.4 Å². The van der Waals surface area contributed by atoms with E-state index < -0.39 is 21.5 Å². The number of rotatable bonds is 8. The quantitative estimate of drug-likeness (QED) is 0.580. The first-order valence-corrected chi connectivity index (χ1v) is 11.7. The summed E-state index contributed by atoms with van der Waals surface area (Å²) in [5, 5.41) is 2.57. The van der Waals surface area contributed by atoms with Gasteiger partial charge in [-0.15, -0.1) is 0 Å². The summed E-state index contributed by atoms with van der Waals surface area (Å²) in [5.41, 5.74) is 2.33. The molecule has 1 N–H and O–H groups in total. The zero-order valence-electron chi connectivity index (χ0n) is 17.2. The lowest BCUT2D eigenvalue weighted by atomic mass is 10.1. The molecule has 0 aliphatic rings. The molecule has 0 aliphatic heterocycles. The van der Waals surface area contributed by atoms with Crippen molar-refractivity contribution < 1.29 is 18.0 Å². The number of hydrogen-bond donors (Lipinski definition) is 1. The van der Waals surface area contributed by atoms with Crippen molar-refractivity contribution in [1.29, 1.82) is 0 Å². The van der Waals surface area contributed by atoms with E-state index in [1.54, 1.807) is 59.5 Å². The molecular weight excluding hydrogens is 412 g/mol. The molecule has 2 amide bonds. The van der Waals surface area contributed by atoms with E-state index in [0.29, 0.717) is 23.4 Å². The standard InChI is InChI=1S/C24H24N2O4S/c1-2-26(22-11-7-4-8-12-22)24(28)20-15-13-19(14-16-20)17-31(29,30)18-23(27)25-21-9-5-3-6-10-21/h3-16H,2,17-18H2,1H3,(H,25,27). The lowest BCUT2D eigenvalue weighted by Gasteiger charge is -2.21. The van der Waals surface area contributed by atoms with E-state index in [9.17, 15) is 18.0 Å². The Morgan fingerprint density at radius 3 is 2.00 bits per heavy atom. The van der Waals surface area contributed by atoms with Crippen molar-refractivity contribution in [2.75, 3.05) is 22.5 Å². The Labute approximate surface area is 182 Å². The number of carbonyl (C=O) groups excluding carboxylic acids is 2. The van der Waals surface area contributed by atoms with Crippen LogP contribution in [-0.4, -0.2) is 32.5 Å². The van der Waals surface area contributed by atoms with Crippen LogP contribution in [0.25, 0.3) is 0 Å². The van der Waals surface area contributed by atoms with Gasteiger partial charge in [0, 0.05) is 23.5 Å². The molecule has 0 radical (unpaired) electrons. The van der Waals surface area contributed by atoms with Gasteiger partial charge in [-0.2, -0.15) is 0 Å². The highest BCUT2D eigenvalue weighted by Crippen LogP contribution is 2.18. The van der Waals surface area contributed by atoms with Crippen LogP contribution in [0.2, 0.25) is 0 Å². The van der Waals surface area contributed by atoms with Crippen LogP contribution in [0.1, 0.15) is 22.8 Å². The second kappa shape index (κ2) is 10.0. The van der Waals surface area contributed by atoms with Gasteiger partial charge < -0.3 is 10.2 Å². The van der Waals surface area contributed by atoms with Gasteiger partial charge in [-0.3, -0.25) is 9.59 Å². The molecule has 160 valence electrons. The number of sulfone groups is 1. The van der Waals surface area contributed by atoms with Crippen LogP contribution < -0.4 is 10.2 Å². The number of para-hydroxylation sites is 2. The summed E-state index contributed by atoms with van der Waals surface area (Å²) in [7, 11) is -3.66. The second-order valence-corrected chi connectivity index (χ2v) is 9.09. The smallest absolute Gasteiger partial charge is 0.258 e. The van der Waals surface area contributed by atoms with Gasteiger partial charge in [0.2, 0.25) is 5.91 Å². The minimum absolute atomic E-state index is 0.162. The molecule has 3 rings (SSSR count). The molecule has 6 nitrogen and oxygen atoms in total. The number of hydrogen-bond acceptors (Lipinski definition) is 4. The van der Waals surface area contributed by atoms with Crippen LogP contribution in [0.3, 0.4) is 0 Å². The summed E-state index contributed by atoms with van der Waals surface area (Å²) in [6, 6.07) is 24.5. The van der Waals surface area contributed by atoms with Crippen molar-refractivity contribution in [3.8, 4) is 0 Å². The third kappa shape index (κ3) is 6.26. The summed E-state index contributed by atoms with van der Waals surface area (Å²) in [6.07, 6.45) is 0. The maximum atomic E-state index is 12.8. The van der Waals surface area contributed by atoms with E-state index >= 15 is 0 Å². The number of benzene rings is 3. The zero-order chi connectivity index (χ0) is 22.3. The van der Waals surface area contributed by atoms with E-state index in [1.165, 1.54) is 0 Å². The van der Waals surface area contributed by atoms with Crippen molar-refractivity contribution in [1.82, 2.24) is 0 Å². The summed E-state index contributed by atoms with van der Waals surface area (Å²) in [5.74, 6) is -1.63. The SMILES string of the molecule is CCN(C(=O)c1ccc(CS(=O)(=O)CC(=O)Nc2ccccc2)cc1)c1ccccc1. The lowest BCUT2D eigenvalue weighted by molar-refractivity contribution is -0.113. The Morgan fingerprint density at radius 1 is 0.839 bits per heavy atom. The molecule has 0 unspecified atom stereocenters. The first-order valence-electron chi connectivity index (χ1n) is 9.89. The normalized spacial score (nSPS) is 11.0. The van der Waals surface area contributed by atoms with Crippen molar-refractivity contribution in [2.45, 2.75) is 12.7 Å². The average Bonchev–Trinajstić information content (AvgIpc) is 2.75. The van der Waals surface area contributed by atoms with Gasteiger partial charge in [-0.05, 0) is 48.9 Å². The molecule has 0 saturated carbocycles. The summed E-state index contributed by atoms with van der Waals surface area (Å²) >= 11 is 0. The molecule has 3 aromatic carbocycles. The molecule has 0 heterocycles. The maximum Gasteiger partial charge on any atom is 0.258 e. The summed E-state index contributed by atoms with van der Waals surface area (Å²) in [6.45, 7) is 2.40. The number of nitrogens with one attached hydrogen (secondary N) is 1. The number of carbonyl (C=O) groups is 2. The predicted molar refractivity (Wildman–Crippen MR) is 123 cm³/mol. The fraction of sp³-hybridized carbons (Fsp3) is 0.167. The number of anilines is 2. The van der Waals surface area contributed by atoms with Crippen molar-refractivity contribution >= 4 is 33.0 Å². The van der Waals surface area contributed by atoms with Gasteiger partial charge >= 0.3 is 0 Å². The van der Waals surface area contributed by atoms with Crippen molar-refractivity contribution in [3.63, 3.8) is 0 Å². The highest BCUT2D eigenvalue weighted by molar-refractivity contribution is 7.91. The largest absolute Gasteiger partial charge is 0.325 e. The summed E-state index contributed by atoms with van der Waals surface area (Å²) < 4.78 is 24.8. The average molecular weight is 437 g/mol. The van der Waals surface area contributed by atoms with Crippen molar-refractivity contribution in [3.05, 3.63) is 96.1 Å². The van der Waals surface area contributed by atoms with Gasteiger partial charge in [0.15, 0.2) is 9.84 Å². The van der Waals surface area contributed by atoms with E-state index in [4.69, 9.17) is 0 Å². The summed E-state index contributed by atoms with van der Waals surface area (Å²) in [4.78, 5) is 26.6. The molecule has 0 saturated heterocycles. The first-order chi connectivity index (χ1) is 14.9. The van der Waals surface area contributed by atoms with E-state index in [2.05, 4.69) is 5.32 Å². The highest BCUT2D eigenvalue weighted by atomic mass is 32.2. The molecule has 7 heteroatoms. The minimum atomic E-state index is -3.66. The monoisotopic (exact) mass is 436 g/mol. The molecule has 31 heavy (non-hydrogen) atoms. The Balaban J connectivity index is 1.64. The first kappa shape index (κ1) is 22.2. The Kier molecular flexibility index (Phi) is 7.20. The van der Waals surface area contributed by atoms with Gasteiger partial charge in [0.25, 0.3) is 5.91 Å². The van der Waals surface area contributed by atoms with Crippen molar-refractivity contribution in [2.24, 2.45) is 0 Å². The van der Waals surface area contributed by atoms with Gasteiger partial charge in [-0.25, -0.2) is 8.42 Å². The topological polar surface area (TPSA) is 83.6 Å². The lowest BCUT2D eigenvalue weighted by Crippen LogP contribution is -2.30. The fourth-order valence-electron chi connectivity index (χ4n) is 3.17. The molecular formula is C24H24N2O4S. The Hall–Kier alpha value is -3.45. The van der Waals surface area contributed by atoms with Gasteiger partial charge in [-0.1, -0.05) is 48.5 Å². The predicted octanol–water partition coefficient (Wildman–Crippen LogP) is 3.91. The molecule has 0 bridgehead atoms. The van der Waals surface area contributed by atoms with Crippen LogP contribution in [0.5, 0.6) is 0 Å². The molecule has 0 atom stereocenters. The maximum absolute atomic E-state index is 12.8. The van der Waals surface area contributed by atoms with E-state index in [1.807, 2.05) is 37.3 Å². The third-order valence-corrected chi connectivity index (χ3v) is 6.10. The van der Waals surface area contributed by atoms with Gasteiger partial charge in [0.1, 0.15) is 5.75 Å².